The second-order valence-electron chi connectivity index (χ2n) is 6.48. The molecule has 134 valence electrons. The van der Waals surface area contributed by atoms with Gasteiger partial charge in [0.2, 0.25) is 5.91 Å². The van der Waals surface area contributed by atoms with Crippen LogP contribution in [0.5, 0.6) is 0 Å². The first kappa shape index (κ1) is 17.9. The first-order valence-corrected chi connectivity index (χ1v) is 9.03. The Balaban J connectivity index is 1.76. The molecule has 0 aromatic heterocycles. The van der Waals surface area contributed by atoms with Gasteiger partial charge in [-0.2, -0.15) is 0 Å². The smallest absolute Gasteiger partial charge is 0.277 e. The number of amidine groups is 1. The van der Waals surface area contributed by atoms with Crippen LogP contribution in [-0.2, 0) is 11.2 Å². The van der Waals surface area contributed by atoms with Crippen LogP contribution in [-0.4, -0.2) is 47.5 Å². The van der Waals surface area contributed by atoms with Crippen LogP contribution in [0.4, 0.5) is 4.79 Å². The summed E-state index contributed by atoms with van der Waals surface area (Å²) in [7, 11) is 0. The summed E-state index contributed by atoms with van der Waals surface area (Å²) in [5, 5.41) is 3.25. The van der Waals surface area contributed by atoms with E-state index in [9.17, 15) is 9.59 Å². The largest absolute Gasteiger partial charge is 0.330 e. The van der Waals surface area contributed by atoms with Crippen LogP contribution >= 0.6 is 11.6 Å². The highest BCUT2D eigenvalue weighted by Crippen LogP contribution is 2.34. The van der Waals surface area contributed by atoms with Crippen molar-refractivity contribution in [2.24, 2.45) is 10.4 Å². The highest BCUT2D eigenvalue weighted by Gasteiger charge is 2.50. The molecule has 3 rings (SSSR count). The van der Waals surface area contributed by atoms with E-state index in [2.05, 4.69) is 15.2 Å². The van der Waals surface area contributed by atoms with E-state index >= 15 is 0 Å². The molecule has 6 nitrogen and oxygen atoms in total. The molecule has 1 saturated heterocycles. The predicted molar refractivity (Wildman–Crippen MR) is 97.4 cm³/mol. The van der Waals surface area contributed by atoms with E-state index < -0.39 is 5.41 Å². The lowest BCUT2D eigenvalue weighted by atomic mass is 9.78. The first-order valence-electron chi connectivity index (χ1n) is 8.65. The maximum absolute atomic E-state index is 12.4. The number of carbonyl (C=O) groups excluding carboxylic acids is 2. The van der Waals surface area contributed by atoms with Gasteiger partial charge in [0.05, 0.1) is 13.3 Å². The molecule has 1 fully saturated rings. The second-order valence-corrected chi connectivity index (χ2v) is 6.88. The summed E-state index contributed by atoms with van der Waals surface area (Å²) in [4.78, 5) is 33.0. The zero-order valence-electron chi connectivity index (χ0n) is 14.6. The molecule has 7 heteroatoms. The van der Waals surface area contributed by atoms with E-state index in [1.165, 1.54) is 0 Å². The molecule has 0 radical (unpaired) electrons. The van der Waals surface area contributed by atoms with Gasteiger partial charge in [-0.25, -0.2) is 4.79 Å². The van der Waals surface area contributed by atoms with Gasteiger partial charge in [0.15, 0.2) is 0 Å². The Morgan fingerprint density at radius 1 is 1.24 bits per heavy atom. The Morgan fingerprint density at radius 3 is 2.64 bits per heavy atom. The Bertz CT molecular complexity index is 715. The van der Waals surface area contributed by atoms with Crippen LogP contribution in [0.25, 0.3) is 0 Å². The molecule has 2 aliphatic heterocycles. The quantitative estimate of drug-likeness (QED) is 0.875. The van der Waals surface area contributed by atoms with Gasteiger partial charge >= 0.3 is 6.03 Å². The number of aliphatic imine (C=N–C) groups is 1. The lowest BCUT2D eigenvalue weighted by Gasteiger charge is -2.45. The number of urea groups is 1. The number of carbonyl (C=O) groups is 2. The minimum absolute atomic E-state index is 0.234. The van der Waals surface area contributed by atoms with Crippen molar-refractivity contribution >= 4 is 29.4 Å². The number of hydrogen-bond acceptors (Lipinski definition) is 4. The number of amides is 3. The van der Waals surface area contributed by atoms with E-state index in [0.717, 1.165) is 23.6 Å². The molecule has 1 aromatic carbocycles. The Morgan fingerprint density at radius 2 is 1.96 bits per heavy atom. The summed E-state index contributed by atoms with van der Waals surface area (Å²) < 4.78 is 0. The average molecular weight is 363 g/mol. The van der Waals surface area contributed by atoms with Crippen LogP contribution in [0.15, 0.2) is 29.3 Å². The standard InChI is InChI=1S/C18H23ClN4O2/c1-3-18(4-2)15-20-11-22(12-23(15)17(25)21-16(18)24)10-9-13-7-5-6-8-14(13)19/h5-8H,3-4,9-12H2,1-2H3,(H,21,24,25). The Labute approximate surface area is 152 Å². The van der Waals surface area contributed by atoms with Crippen molar-refractivity contribution in [3.8, 4) is 0 Å². The lowest BCUT2D eigenvalue weighted by Crippen LogP contribution is -2.67. The van der Waals surface area contributed by atoms with Crippen molar-refractivity contribution in [1.29, 1.82) is 0 Å². The molecule has 3 amide bonds. The van der Waals surface area contributed by atoms with Gasteiger partial charge in [-0.05, 0) is 30.9 Å². The van der Waals surface area contributed by atoms with E-state index in [1.54, 1.807) is 4.90 Å². The number of nitrogens with zero attached hydrogens (tertiary/aromatic N) is 3. The summed E-state index contributed by atoms with van der Waals surface area (Å²) in [6.45, 7) is 5.58. The zero-order valence-corrected chi connectivity index (χ0v) is 15.3. The summed E-state index contributed by atoms with van der Waals surface area (Å²) in [6, 6.07) is 7.38. The first-order chi connectivity index (χ1) is 12.0. The minimum Gasteiger partial charge on any atom is -0.277 e. The molecule has 2 aliphatic rings. The van der Waals surface area contributed by atoms with Gasteiger partial charge < -0.3 is 0 Å². The SMILES string of the molecule is CCC1(CC)C(=O)NC(=O)N2CN(CCc3ccccc3Cl)CN=C21. The summed E-state index contributed by atoms with van der Waals surface area (Å²) in [5.41, 5.74) is 0.372. The third-order valence-electron chi connectivity index (χ3n) is 5.21. The van der Waals surface area contributed by atoms with Gasteiger partial charge in [0.1, 0.15) is 11.3 Å². The minimum atomic E-state index is -0.706. The lowest BCUT2D eigenvalue weighted by molar-refractivity contribution is -0.128. The van der Waals surface area contributed by atoms with E-state index in [4.69, 9.17) is 11.6 Å². The molecule has 0 aliphatic carbocycles. The highest BCUT2D eigenvalue weighted by molar-refractivity contribution is 6.31. The number of fused-ring (bicyclic) bond motifs is 1. The molecular weight excluding hydrogens is 340 g/mol. The topological polar surface area (TPSA) is 65.0 Å². The van der Waals surface area contributed by atoms with Gasteiger partial charge in [-0.3, -0.25) is 24.9 Å². The predicted octanol–water partition coefficient (Wildman–Crippen LogP) is 2.87. The second kappa shape index (κ2) is 7.14. The molecule has 1 aromatic rings. The Kier molecular flexibility index (Phi) is 5.11. The molecule has 2 heterocycles. The maximum Gasteiger partial charge on any atom is 0.330 e. The molecule has 0 saturated carbocycles. The average Bonchev–Trinajstić information content (AvgIpc) is 2.62. The van der Waals surface area contributed by atoms with Gasteiger partial charge in [-0.1, -0.05) is 43.6 Å². The van der Waals surface area contributed by atoms with Crippen LogP contribution in [0.1, 0.15) is 32.3 Å². The van der Waals surface area contributed by atoms with Crippen LogP contribution in [0.2, 0.25) is 5.02 Å². The molecule has 0 atom stereocenters. The summed E-state index contributed by atoms with van der Waals surface area (Å²) in [6.07, 6.45) is 2.03. The monoisotopic (exact) mass is 362 g/mol. The highest BCUT2D eigenvalue weighted by atomic mass is 35.5. The summed E-state index contributed by atoms with van der Waals surface area (Å²) in [5.74, 6) is 0.377. The van der Waals surface area contributed by atoms with Crippen LogP contribution < -0.4 is 5.32 Å². The van der Waals surface area contributed by atoms with Crippen molar-refractivity contribution in [2.45, 2.75) is 33.1 Å². The molecule has 0 spiro atoms. The molecule has 1 N–H and O–H groups in total. The fourth-order valence-electron chi connectivity index (χ4n) is 3.53. The molecule has 0 bridgehead atoms. The van der Waals surface area contributed by atoms with Crippen LogP contribution in [0, 0.1) is 5.41 Å². The Hall–Kier alpha value is -1.92. The fraction of sp³-hybridized carbons (Fsp3) is 0.500. The molecule has 0 unspecified atom stereocenters. The zero-order chi connectivity index (χ0) is 18.0. The van der Waals surface area contributed by atoms with E-state index in [0.29, 0.717) is 32.0 Å². The number of benzene rings is 1. The fourth-order valence-corrected chi connectivity index (χ4v) is 3.76. The molecular formula is C18H23ClN4O2. The van der Waals surface area contributed by atoms with Crippen molar-refractivity contribution in [1.82, 2.24) is 15.1 Å². The number of halogens is 1. The summed E-state index contributed by atoms with van der Waals surface area (Å²) >= 11 is 6.21. The number of nitrogens with one attached hydrogen (secondary N) is 1. The van der Waals surface area contributed by atoms with Crippen molar-refractivity contribution in [3.63, 3.8) is 0 Å². The van der Waals surface area contributed by atoms with Crippen molar-refractivity contribution in [3.05, 3.63) is 34.9 Å². The number of imide groups is 1. The molecule has 25 heavy (non-hydrogen) atoms. The van der Waals surface area contributed by atoms with E-state index in [-0.39, 0.29) is 11.9 Å². The third kappa shape index (κ3) is 3.16. The van der Waals surface area contributed by atoms with Gasteiger partial charge in [0.25, 0.3) is 0 Å². The van der Waals surface area contributed by atoms with Crippen LogP contribution in [0.3, 0.4) is 0 Å². The van der Waals surface area contributed by atoms with Crippen molar-refractivity contribution in [2.75, 3.05) is 19.9 Å². The number of hydrogen-bond donors (Lipinski definition) is 1. The van der Waals surface area contributed by atoms with Gasteiger partial charge in [-0.15, -0.1) is 0 Å². The normalized spacial score (nSPS) is 20.1. The number of rotatable bonds is 5. The van der Waals surface area contributed by atoms with Crippen molar-refractivity contribution < 1.29 is 9.59 Å². The van der Waals surface area contributed by atoms with Gasteiger partial charge in [0, 0.05) is 11.6 Å². The van der Waals surface area contributed by atoms with E-state index in [1.807, 2.05) is 38.1 Å². The maximum atomic E-state index is 12.4. The third-order valence-corrected chi connectivity index (χ3v) is 5.58.